The number of benzene rings is 2. The van der Waals surface area contributed by atoms with Crippen LogP contribution in [0.15, 0.2) is 51.9 Å². The largest absolute Gasteiger partial charge is 0.508 e. The maximum absolute atomic E-state index is 12.7. The third-order valence-electron chi connectivity index (χ3n) is 3.74. The van der Waals surface area contributed by atoms with Gasteiger partial charge < -0.3 is 24.5 Å². The highest BCUT2D eigenvalue weighted by Gasteiger charge is 2.14. The van der Waals surface area contributed by atoms with Crippen LogP contribution >= 0.6 is 11.8 Å². The molecule has 1 aromatic heterocycles. The van der Waals surface area contributed by atoms with E-state index in [-0.39, 0.29) is 34.5 Å². The molecule has 3 N–H and O–H groups in total. The van der Waals surface area contributed by atoms with E-state index in [0.29, 0.717) is 35.0 Å². The number of fused-ring (bicyclic) bond motifs is 1. The van der Waals surface area contributed by atoms with E-state index in [4.69, 9.17) is 14.3 Å². The normalized spacial score (nSPS) is 11.0. The van der Waals surface area contributed by atoms with Gasteiger partial charge in [-0.15, -0.1) is 0 Å². The fourth-order valence-electron chi connectivity index (χ4n) is 2.52. The van der Waals surface area contributed by atoms with Gasteiger partial charge in [-0.25, -0.2) is 0 Å². The third-order valence-corrected chi connectivity index (χ3v) is 4.67. The zero-order chi connectivity index (χ0) is 18.5. The number of hydrogen-bond acceptors (Lipinski definition) is 7. The Hall–Kier alpha value is -2.64. The van der Waals surface area contributed by atoms with Crippen LogP contribution in [0.5, 0.6) is 17.2 Å². The Bertz CT molecular complexity index is 949. The summed E-state index contributed by atoms with van der Waals surface area (Å²) < 4.78 is 11.1. The SMILES string of the molecule is O=c1c(-c2ccc(O)cc2)coc2cc(OCCSCCO)cc(O)c12. The summed E-state index contributed by atoms with van der Waals surface area (Å²) in [5.41, 5.74) is 0.746. The van der Waals surface area contributed by atoms with Gasteiger partial charge >= 0.3 is 0 Å². The highest BCUT2D eigenvalue weighted by atomic mass is 32.2. The predicted octanol–water partition coefficient (Wildman–Crippen LogP) is 2.98. The fourth-order valence-corrected chi connectivity index (χ4v) is 3.05. The third kappa shape index (κ3) is 3.95. The monoisotopic (exact) mass is 374 g/mol. The van der Waals surface area contributed by atoms with Crippen molar-refractivity contribution in [1.29, 1.82) is 0 Å². The van der Waals surface area contributed by atoms with Crippen LogP contribution in [0.2, 0.25) is 0 Å². The van der Waals surface area contributed by atoms with E-state index in [9.17, 15) is 15.0 Å². The fraction of sp³-hybridized carbons (Fsp3) is 0.211. The van der Waals surface area contributed by atoms with Crippen LogP contribution in [0.1, 0.15) is 0 Å². The van der Waals surface area contributed by atoms with Gasteiger partial charge in [-0.3, -0.25) is 4.79 Å². The number of phenolic OH excluding ortho intramolecular Hbond substituents is 2. The summed E-state index contributed by atoms with van der Waals surface area (Å²) in [4.78, 5) is 12.7. The van der Waals surface area contributed by atoms with Crippen LogP contribution in [-0.2, 0) is 0 Å². The lowest BCUT2D eigenvalue weighted by molar-refractivity contribution is 0.321. The van der Waals surface area contributed by atoms with Crippen LogP contribution in [0, 0.1) is 0 Å². The molecule has 0 aliphatic heterocycles. The summed E-state index contributed by atoms with van der Waals surface area (Å²) in [6.45, 7) is 0.529. The molecule has 3 aromatic rings. The first-order valence-electron chi connectivity index (χ1n) is 7.99. The van der Waals surface area contributed by atoms with Crippen LogP contribution in [0.25, 0.3) is 22.1 Å². The summed E-state index contributed by atoms with van der Waals surface area (Å²) in [7, 11) is 0. The molecular formula is C19H18O6S. The molecule has 1 heterocycles. The Balaban J connectivity index is 1.89. The van der Waals surface area contributed by atoms with E-state index in [0.717, 1.165) is 0 Å². The van der Waals surface area contributed by atoms with Crippen LogP contribution < -0.4 is 10.2 Å². The molecule has 0 amide bonds. The Labute approximate surface area is 153 Å². The quantitative estimate of drug-likeness (QED) is 0.547. The van der Waals surface area contributed by atoms with Crippen LogP contribution in [0.3, 0.4) is 0 Å². The molecule has 0 atom stereocenters. The molecule has 7 heteroatoms. The molecule has 0 unspecified atom stereocenters. The molecule has 0 fully saturated rings. The van der Waals surface area contributed by atoms with E-state index in [1.54, 1.807) is 30.0 Å². The van der Waals surface area contributed by atoms with Gasteiger partial charge in [-0.2, -0.15) is 11.8 Å². The van der Waals surface area contributed by atoms with Gasteiger partial charge in [0.2, 0.25) is 5.43 Å². The average molecular weight is 374 g/mol. The van der Waals surface area contributed by atoms with E-state index in [1.165, 1.54) is 24.5 Å². The number of thioether (sulfide) groups is 1. The highest BCUT2D eigenvalue weighted by molar-refractivity contribution is 7.99. The minimum absolute atomic E-state index is 0.0811. The molecule has 26 heavy (non-hydrogen) atoms. The molecule has 6 nitrogen and oxygen atoms in total. The van der Waals surface area contributed by atoms with Gasteiger partial charge in [0.1, 0.15) is 34.5 Å². The maximum Gasteiger partial charge on any atom is 0.204 e. The minimum Gasteiger partial charge on any atom is -0.508 e. The molecule has 0 saturated carbocycles. The molecular weight excluding hydrogens is 356 g/mol. The van der Waals surface area contributed by atoms with Crippen molar-refractivity contribution in [3.8, 4) is 28.4 Å². The lowest BCUT2D eigenvalue weighted by atomic mass is 10.0. The van der Waals surface area contributed by atoms with Crippen molar-refractivity contribution < 1.29 is 24.5 Å². The lowest BCUT2D eigenvalue weighted by Gasteiger charge is -2.09. The highest BCUT2D eigenvalue weighted by Crippen LogP contribution is 2.30. The molecule has 3 rings (SSSR count). The number of ether oxygens (including phenoxy) is 1. The number of hydrogen-bond donors (Lipinski definition) is 3. The second-order valence-corrected chi connectivity index (χ2v) is 6.75. The summed E-state index contributed by atoms with van der Waals surface area (Å²) in [5.74, 6) is 1.63. The lowest BCUT2D eigenvalue weighted by Crippen LogP contribution is -2.06. The number of aliphatic hydroxyl groups is 1. The molecule has 0 aliphatic carbocycles. The Morgan fingerprint density at radius 1 is 1.08 bits per heavy atom. The van der Waals surface area contributed by atoms with E-state index in [1.807, 2.05) is 0 Å². The number of phenols is 2. The Morgan fingerprint density at radius 2 is 1.85 bits per heavy atom. The first kappa shape index (κ1) is 18.2. The average Bonchev–Trinajstić information content (AvgIpc) is 2.62. The van der Waals surface area contributed by atoms with Gasteiger partial charge in [-0.05, 0) is 17.7 Å². The van der Waals surface area contributed by atoms with E-state index >= 15 is 0 Å². The first-order chi connectivity index (χ1) is 12.6. The van der Waals surface area contributed by atoms with E-state index in [2.05, 4.69) is 0 Å². The molecule has 0 radical (unpaired) electrons. The van der Waals surface area contributed by atoms with Gasteiger partial charge in [0.05, 0.1) is 18.8 Å². The zero-order valence-electron chi connectivity index (χ0n) is 13.8. The number of aromatic hydroxyl groups is 2. The smallest absolute Gasteiger partial charge is 0.204 e. The standard InChI is InChI=1S/C19H18O6S/c20-5-7-26-8-6-24-14-9-16(22)18-17(10-14)25-11-15(19(18)23)12-1-3-13(21)4-2-12/h1-4,9-11,20-22H,5-8H2. The summed E-state index contributed by atoms with van der Waals surface area (Å²) in [6.07, 6.45) is 1.33. The van der Waals surface area contributed by atoms with Crippen LogP contribution in [0.4, 0.5) is 0 Å². The minimum atomic E-state index is -0.362. The van der Waals surface area contributed by atoms with Gasteiger partial charge in [0, 0.05) is 23.6 Å². The van der Waals surface area contributed by atoms with Gasteiger partial charge in [0.15, 0.2) is 0 Å². The van der Waals surface area contributed by atoms with Crippen molar-refractivity contribution in [3.63, 3.8) is 0 Å². The summed E-state index contributed by atoms with van der Waals surface area (Å²) in [5, 5.41) is 28.5. The predicted molar refractivity (Wildman–Crippen MR) is 101 cm³/mol. The topological polar surface area (TPSA) is 100 Å². The van der Waals surface area contributed by atoms with Crippen LogP contribution in [-0.4, -0.2) is 40.0 Å². The molecule has 136 valence electrons. The Morgan fingerprint density at radius 3 is 2.58 bits per heavy atom. The molecule has 0 saturated heterocycles. The molecule has 0 spiro atoms. The summed E-state index contributed by atoms with van der Waals surface area (Å²) in [6, 6.07) is 9.11. The Kier molecular flexibility index (Phi) is 5.70. The van der Waals surface area contributed by atoms with Crippen molar-refractivity contribution in [2.45, 2.75) is 0 Å². The molecule has 0 aliphatic rings. The zero-order valence-corrected chi connectivity index (χ0v) is 14.7. The van der Waals surface area contributed by atoms with Crippen molar-refractivity contribution in [2.75, 3.05) is 24.7 Å². The van der Waals surface area contributed by atoms with Gasteiger partial charge in [0.25, 0.3) is 0 Å². The summed E-state index contributed by atoms with van der Waals surface area (Å²) >= 11 is 1.55. The maximum atomic E-state index is 12.7. The molecule has 2 aromatic carbocycles. The first-order valence-corrected chi connectivity index (χ1v) is 9.15. The van der Waals surface area contributed by atoms with Crippen molar-refractivity contribution in [1.82, 2.24) is 0 Å². The second kappa shape index (κ2) is 8.16. The van der Waals surface area contributed by atoms with Gasteiger partial charge in [-0.1, -0.05) is 12.1 Å². The second-order valence-electron chi connectivity index (χ2n) is 5.53. The number of aliphatic hydroxyl groups excluding tert-OH is 1. The van der Waals surface area contributed by atoms with Crippen molar-refractivity contribution in [2.24, 2.45) is 0 Å². The number of rotatable bonds is 7. The molecule has 0 bridgehead atoms. The van der Waals surface area contributed by atoms with E-state index < -0.39 is 0 Å². The van der Waals surface area contributed by atoms with Crippen molar-refractivity contribution >= 4 is 22.7 Å². The van der Waals surface area contributed by atoms with Crippen molar-refractivity contribution in [3.05, 3.63) is 52.9 Å².